The maximum atomic E-state index is 13.9. The SMILES string of the molecule is C=CC(=C\C(=C/C)c1nc(Cl)ncc1F)/C(/C=C\C)=C/C.CC. The van der Waals surface area contributed by atoms with Gasteiger partial charge in [-0.3, -0.25) is 0 Å². The van der Waals surface area contributed by atoms with E-state index in [4.69, 9.17) is 11.6 Å². The largest absolute Gasteiger partial charge is 0.223 e. The molecule has 1 aromatic rings. The minimum absolute atomic E-state index is 0.0130. The molecule has 0 saturated carbocycles. The lowest BCUT2D eigenvalue weighted by Gasteiger charge is -2.07. The number of hydrogen-bond acceptors (Lipinski definition) is 2. The lowest BCUT2D eigenvalue weighted by Crippen LogP contribution is -1.97. The molecule has 0 radical (unpaired) electrons. The van der Waals surface area contributed by atoms with E-state index in [1.165, 1.54) is 0 Å². The van der Waals surface area contributed by atoms with Gasteiger partial charge in [0.15, 0.2) is 5.82 Å². The van der Waals surface area contributed by atoms with Crippen molar-refractivity contribution in [1.29, 1.82) is 0 Å². The molecule has 0 bridgehead atoms. The smallest absolute Gasteiger partial charge is 0.223 e. The summed E-state index contributed by atoms with van der Waals surface area (Å²) in [7, 11) is 0. The van der Waals surface area contributed by atoms with Crippen molar-refractivity contribution in [2.45, 2.75) is 34.6 Å². The summed E-state index contributed by atoms with van der Waals surface area (Å²) in [4.78, 5) is 7.58. The number of rotatable bonds is 5. The topological polar surface area (TPSA) is 25.8 Å². The van der Waals surface area contributed by atoms with E-state index in [-0.39, 0.29) is 11.0 Å². The molecule has 0 aliphatic heterocycles. The van der Waals surface area contributed by atoms with Crippen LogP contribution < -0.4 is 0 Å². The Morgan fingerprint density at radius 2 is 1.83 bits per heavy atom. The zero-order valence-corrected chi connectivity index (χ0v) is 15.2. The van der Waals surface area contributed by atoms with Crippen molar-refractivity contribution in [2.75, 3.05) is 0 Å². The molecule has 0 amide bonds. The van der Waals surface area contributed by atoms with Crippen molar-refractivity contribution in [3.8, 4) is 0 Å². The van der Waals surface area contributed by atoms with Crippen molar-refractivity contribution >= 4 is 17.2 Å². The van der Waals surface area contributed by atoms with E-state index in [2.05, 4.69) is 16.5 Å². The molecule has 2 nitrogen and oxygen atoms in total. The summed E-state index contributed by atoms with van der Waals surface area (Å²) in [5.74, 6) is -0.514. The third kappa shape index (κ3) is 6.33. The van der Waals surface area contributed by atoms with Gasteiger partial charge in [-0.15, -0.1) is 0 Å². The average molecular weight is 335 g/mol. The molecule has 1 heterocycles. The van der Waals surface area contributed by atoms with Gasteiger partial charge >= 0.3 is 0 Å². The van der Waals surface area contributed by atoms with E-state index >= 15 is 0 Å². The number of hydrogen-bond donors (Lipinski definition) is 0. The average Bonchev–Trinajstić information content (AvgIpc) is 2.58. The lowest BCUT2D eigenvalue weighted by atomic mass is 10.0. The summed E-state index contributed by atoms with van der Waals surface area (Å²) in [6, 6.07) is 0. The third-order valence-corrected chi connectivity index (χ3v) is 3.00. The Morgan fingerprint density at radius 3 is 2.30 bits per heavy atom. The Bertz CT molecular complexity index is 641. The number of aromatic nitrogens is 2. The van der Waals surface area contributed by atoms with Crippen LogP contribution in [0.3, 0.4) is 0 Å². The highest BCUT2D eigenvalue weighted by Crippen LogP contribution is 2.23. The van der Waals surface area contributed by atoms with Crippen molar-refractivity contribution in [2.24, 2.45) is 0 Å². The minimum atomic E-state index is -0.514. The normalized spacial score (nSPS) is 12.9. The molecule has 0 saturated heterocycles. The van der Waals surface area contributed by atoms with Gasteiger partial charge in [-0.2, -0.15) is 0 Å². The van der Waals surface area contributed by atoms with E-state index in [1.807, 2.05) is 58.9 Å². The van der Waals surface area contributed by atoms with Gasteiger partial charge in [0.05, 0.1) is 6.20 Å². The highest BCUT2D eigenvalue weighted by molar-refractivity contribution is 6.28. The van der Waals surface area contributed by atoms with Gasteiger partial charge in [0.2, 0.25) is 5.28 Å². The number of allylic oxidation sites excluding steroid dienone is 9. The van der Waals surface area contributed by atoms with Gasteiger partial charge in [-0.1, -0.05) is 50.8 Å². The number of nitrogens with zero attached hydrogens (tertiary/aromatic N) is 2. The van der Waals surface area contributed by atoms with Crippen LogP contribution in [0.1, 0.15) is 40.3 Å². The predicted molar refractivity (Wildman–Crippen MR) is 98.9 cm³/mol. The maximum absolute atomic E-state index is 13.9. The molecule has 0 fully saturated rings. The molecule has 23 heavy (non-hydrogen) atoms. The Hall–Kier alpha value is -2.00. The summed E-state index contributed by atoms with van der Waals surface area (Å²) < 4.78 is 13.9. The zero-order chi connectivity index (χ0) is 17.8. The van der Waals surface area contributed by atoms with Gasteiger partial charge in [-0.25, -0.2) is 14.4 Å². The van der Waals surface area contributed by atoms with Gasteiger partial charge in [-0.05, 0) is 55.2 Å². The Labute approximate surface area is 143 Å². The molecule has 0 aliphatic carbocycles. The van der Waals surface area contributed by atoms with Crippen LogP contribution in [0.4, 0.5) is 4.39 Å². The molecule has 0 aliphatic rings. The standard InChI is InChI=1S/C17H18ClFN2.C2H6/c1-5-9-12(6-2)13(7-3)10-14(8-4)16-15(19)11-20-17(18)21-16;1-2/h5-11H,3H2,1-2,4H3;1-2H3/b9-5-,12-6+,13-10+,14-8+;. The van der Waals surface area contributed by atoms with Crippen molar-refractivity contribution < 1.29 is 4.39 Å². The second-order valence-electron chi connectivity index (χ2n) is 4.13. The molecular formula is C19H24ClFN2. The fraction of sp³-hybridized carbons (Fsp3) is 0.263. The van der Waals surface area contributed by atoms with Crippen LogP contribution in [-0.4, -0.2) is 9.97 Å². The van der Waals surface area contributed by atoms with Crippen LogP contribution in [-0.2, 0) is 0 Å². The second-order valence-corrected chi connectivity index (χ2v) is 4.47. The molecule has 1 aromatic heterocycles. The minimum Gasteiger partial charge on any atom is -0.223 e. The van der Waals surface area contributed by atoms with Crippen molar-refractivity contribution in [1.82, 2.24) is 9.97 Å². The quantitative estimate of drug-likeness (QED) is 0.464. The van der Waals surface area contributed by atoms with Crippen LogP contribution in [0.2, 0.25) is 5.28 Å². The zero-order valence-electron chi connectivity index (χ0n) is 14.4. The van der Waals surface area contributed by atoms with Crippen LogP contribution in [0.15, 0.2) is 60.4 Å². The summed E-state index contributed by atoms with van der Waals surface area (Å²) in [6.45, 7) is 13.5. The first kappa shape index (κ1) is 21.0. The Balaban J connectivity index is 0.00000232. The lowest BCUT2D eigenvalue weighted by molar-refractivity contribution is 0.609. The monoisotopic (exact) mass is 334 g/mol. The first-order valence-electron chi connectivity index (χ1n) is 7.55. The number of halogens is 2. The summed E-state index contributed by atoms with van der Waals surface area (Å²) >= 11 is 5.75. The third-order valence-electron chi connectivity index (χ3n) is 2.82. The summed E-state index contributed by atoms with van der Waals surface area (Å²) in [6.07, 6.45) is 12.2. The predicted octanol–water partition coefficient (Wildman–Crippen LogP) is 6.33. The fourth-order valence-corrected chi connectivity index (χ4v) is 1.94. The molecule has 0 N–H and O–H groups in total. The van der Waals surface area contributed by atoms with Gasteiger partial charge < -0.3 is 0 Å². The Kier molecular flexibility index (Phi) is 10.5. The highest BCUT2D eigenvalue weighted by Gasteiger charge is 2.10. The van der Waals surface area contributed by atoms with E-state index in [0.29, 0.717) is 5.57 Å². The second kappa shape index (κ2) is 11.6. The van der Waals surface area contributed by atoms with Gasteiger partial charge in [0.1, 0.15) is 5.69 Å². The maximum Gasteiger partial charge on any atom is 0.223 e. The van der Waals surface area contributed by atoms with Crippen LogP contribution >= 0.6 is 11.6 Å². The highest BCUT2D eigenvalue weighted by atomic mass is 35.5. The van der Waals surface area contributed by atoms with Gasteiger partial charge in [0, 0.05) is 0 Å². The van der Waals surface area contributed by atoms with E-state index in [9.17, 15) is 4.39 Å². The molecule has 0 spiro atoms. The molecule has 0 atom stereocenters. The van der Waals surface area contributed by atoms with Gasteiger partial charge in [0.25, 0.3) is 0 Å². The first-order valence-corrected chi connectivity index (χ1v) is 7.93. The molecule has 1 rings (SSSR count). The first-order chi connectivity index (χ1) is 11.1. The van der Waals surface area contributed by atoms with E-state index in [1.54, 1.807) is 12.2 Å². The molecule has 0 unspecified atom stereocenters. The van der Waals surface area contributed by atoms with Crippen LogP contribution in [0.25, 0.3) is 5.57 Å². The van der Waals surface area contributed by atoms with Crippen LogP contribution in [0.5, 0.6) is 0 Å². The Morgan fingerprint density at radius 1 is 1.17 bits per heavy atom. The molecule has 0 aromatic carbocycles. The van der Waals surface area contributed by atoms with E-state index < -0.39 is 5.82 Å². The van der Waals surface area contributed by atoms with Crippen LogP contribution in [0, 0.1) is 5.82 Å². The van der Waals surface area contributed by atoms with E-state index in [0.717, 1.165) is 17.3 Å². The summed E-state index contributed by atoms with van der Waals surface area (Å²) in [5, 5.41) is 0.0130. The van der Waals surface area contributed by atoms with Crippen molar-refractivity contribution in [3.05, 3.63) is 77.2 Å². The van der Waals surface area contributed by atoms with Crippen molar-refractivity contribution in [3.63, 3.8) is 0 Å². The molecular weight excluding hydrogens is 311 g/mol. The molecule has 124 valence electrons. The molecule has 4 heteroatoms. The summed E-state index contributed by atoms with van der Waals surface area (Å²) in [5.41, 5.74) is 2.66. The fourth-order valence-electron chi connectivity index (χ4n) is 1.80.